The topological polar surface area (TPSA) is 119 Å². The second-order valence-electron chi connectivity index (χ2n) is 8.39. The molecule has 0 saturated heterocycles. The van der Waals surface area contributed by atoms with Gasteiger partial charge in [-0.25, -0.2) is 0 Å². The summed E-state index contributed by atoms with van der Waals surface area (Å²) in [6, 6.07) is 0. The SMILES string of the molecule is CCCCCOCCOCCOCCOCCOCCOCCOCCOCCOCCOCCC(=O)OCC. The van der Waals surface area contributed by atoms with E-state index >= 15 is 0 Å². The second-order valence-corrected chi connectivity index (χ2v) is 8.39. The first-order valence-corrected chi connectivity index (χ1v) is 14.7. The van der Waals surface area contributed by atoms with Gasteiger partial charge in [-0.3, -0.25) is 4.79 Å². The van der Waals surface area contributed by atoms with Crippen LogP contribution in [0.1, 0.15) is 39.5 Å². The molecule has 0 aliphatic heterocycles. The molecule has 40 heavy (non-hydrogen) atoms. The molecule has 0 spiro atoms. The van der Waals surface area contributed by atoms with Crippen LogP contribution in [-0.2, 0) is 56.9 Å². The smallest absolute Gasteiger partial charge is 0.308 e. The first-order valence-electron chi connectivity index (χ1n) is 14.7. The largest absolute Gasteiger partial charge is 0.466 e. The lowest BCUT2D eigenvalue weighted by atomic mass is 10.3. The van der Waals surface area contributed by atoms with E-state index < -0.39 is 0 Å². The predicted octanol–water partition coefficient (Wildman–Crippen LogP) is 2.30. The summed E-state index contributed by atoms with van der Waals surface area (Å²) in [4.78, 5) is 11.1. The van der Waals surface area contributed by atoms with E-state index in [0.29, 0.717) is 132 Å². The molecule has 12 heteroatoms. The van der Waals surface area contributed by atoms with Crippen molar-refractivity contribution < 1.29 is 56.9 Å². The number of unbranched alkanes of at least 4 members (excludes halogenated alkanes) is 2. The van der Waals surface area contributed by atoms with Crippen LogP contribution in [0.5, 0.6) is 0 Å². The van der Waals surface area contributed by atoms with Gasteiger partial charge >= 0.3 is 5.97 Å². The minimum absolute atomic E-state index is 0.248. The molecule has 0 N–H and O–H groups in total. The third-order valence-corrected chi connectivity index (χ3v) is 5.00. The summed E-state index contributed by atoms with van der Waals surface area (Å²) in [6.45, 7) is 14.9. The number of ether oxygens (including phenoxy) is 11. The quantitative estimate of drug-likeness (QED) is 0.0803. The summed E-state index contributed by atoms with van der Waals surface area (Å²) >= 11 is 0. The van der Waals surface area contributed by atoms with Gasteiger partial charge in [0, 0.05) is 6.61 Å². The van der Waals surface area contributed by atoms with Crippen molar-refractivity contribution >= 4 is 5.97 Å². The fraction of sp³-hybridized carbons (Fsp3) is 0.964. The summed E-state index contributed by atoms with van der Waals surface area (Å²) in [6.07, 6.45) is 3.80. The fourth-order valence-electron chi connectivity index (χ4n) is 2.92. The van der Waals surface area contributed by atoms with Crippen LogP contribution in [0.15, 0.2) is 0 Å². The van der Waals surface area contributed by atoms with Crippen LogP contribution in [-0.4, -0.2) is 145 Å². The average molecular weight is 585 g/mol. The van der Waals surface area contributed by atoms with Crippen molar-refractivity contribution in [3.05, 3.63) is 0 Å². The molecule has 0 aromatic heterocycles. The molecule has 0 aliphatic carbocycles. The van der Waals surface area contributed by atoms with E-state index in [2.05, 4.69) is 6.92 Å². The van der Waals surface area contributed by atoms with Crippen molar-refractivity contribution in [3.63, 3.8) is 0 Å². The maximum Gasteiger partial charge on any atom is 0.308 e. The van der Waals surface area contributed by atoms with Crippen molar-refractivity contribution in [1.82, 2.24) is 0 Å². The zero-order chi connectivity index (χ0) is 29.0. The van der Waals surface area contributed by atoms with Crippen molar-refractivity contribution in [2.75, 3.05) is 139 Å². The first kappa shape index (κ1) is 39.1. The molecule has 0 bridgehead atoms. The number of carbonyl (C=O) groups is 1. The third-order valence-electron chi connectivity index (χ3n) is 5.00. The van der Waals surface area contributed by atoms with E-state index in [9.17, 15) is 4.79 Å². The van der Waals surface area contributed by atoms with Crippen molar-refractivity contribution in [3.8, 4) is 0 Å². The molecule has 12 nitrogen and oxygen atoms in total. The third kappa shape index (κ3) is 35.1. The fourth-order valence-corrected chi connectivity index (χ4v) is 2.92. The van der Waals surface area contributed by atoms with Gasteiger partial charge in [0.25, 0.3) is 0 Å². The number of hydrogen-bond donors (Lipinski definition) is 0. The second kappa shape index (κ2) is 36.1. The summed E-state index contributed by atoms with van der Waals surface area (Å²) < 4.78 is 59.1. The highest BCUT2D eigenvalue weighted by Crippen LogP contribution is 1.94. The van der Waals surface area contributed by atoms with Crippen LogP contribution in [0.4, 0.5) is 0 Å². The molecule has 0 radical (unpaired) electrons. The zero-order valence-electron chi connectivity index (χ0n) is 25.1. The molecule has 0 heterocycles. The Kier molecular flexibility index (Phi) is 35.3. The van der Waals surface area contributed by atoms with Crippen LogP contribution >= 0.6 is 0 Å². The van der Waals surface area contributed by atoms with E-state index in [4.69, 9.17) is 52.1 Å². The Balaban J connectivity index is 3.04. The molecule has 240 valence electrons. The maximum absolute atomic E-state index is 11.1. The van der Waals surface area contributed by atoms with Crippen LogP contribution in [0.2, 0.25) is 0 Å². The van der Waals surface area contributed by atoms with Crippen LogP contribution < -0.4 is 0 Å². The van der Waals surface area contributed by atoms with Gasteiger partial charge in [0.2, 0.25) is 0 Å². The van der Waals surface area contributed by atoms with Crippen LogP contribution in [0.25, 0.3) is 0 Å². The Morgan fingerprint density at radius 1 is 0.375 bits per heavy atom. The van der Waals surface area contributed by atoms with Gasteiger partial charge in [0.15, 0.2) is 0 Å². The lowest BCUT2D eigenvalue weighted by Crippen LogP contribution is -2.15. The number of rotatable bonds is 35. The Labute approximate surface area is 241 Å². The van der Waals surface area contributed by atoms with E-state index in [1.165, 1.54) is 12.8 Å². The molecule has 0 atom stereocenters. The standard InChI is InChI=1S/C28H56O12/c1-3-5-6-8-30-10-12-32-14-16-34-18-20-36-22-24-38-26-27-39-25-23-37-21-19-35-17-15-33-13-11-31-9-7-28(29)40-4-2/h3-27H2,1-2H3. The molecule has 0 aromatic carbocycles. The van der Waals surface area contributed by atoms with E-state index in [1.807, 2.05) is 0 Å². The zero-order valence-corrected chi connectivity index (χ0v) is 25.1. The Hall–Kier alpha value is -0.930. The van der Waals surface area contributed by atoms with Gasteiger partial charge < -0.3 is 52.1 Å². The minimum atomic E-state index is -0.248. The summed E-state index contributed by atoms with van der Waals surface area (Å²) in [7, 11) is 0. The highest BCUT2D eigenvalue weighted by atomic mass is 16.6. The van der Waals surface area contributed by atoms with E-state index in [1.54, 1.807) is 6.92 Å². The molecule has 0 aliphatic rings. The normalized spacial score (nSPS) is 11.3. The summed E-state index contributed by atoms with van der Waals surface area (Å²) in [5.74, 6) is -0.248. The molecule has 0 rings (SSSR count). The maximum atomic E-state index is 11.1. The van der Waals surface area contributed by atoms with Gasteiger partial charge in [-0.05, 0) is 13.3 Å². The Morgan fingerprint density at radius 2 is 0.650 bits per heavy atom. The average Bonchev–Trinajstić information content (AvgIpc) is 2.95. The van der Waals surface area contributed by atoms with Gasteiger partial charge in [0.1, 0.15) is 0 Å². The van der Waals surface area contributed by atoms with Crippen molar-refractivity contribution in [1.29, 1.82) is 0 Å². The Morgan fingerprint density at radius 3 is 0.925 bits per heavy atom. The summed E-state index contributed by atoms with van der Waals surface area (Å²) in [5, 5.41) is 0. The molecule has 0 unspecified atom stereocenters. The number of carbonyl (C=O) groups excluding carboxylic acids is 1. The summed E-state index contributed by atoms with van der Waals surface area (Å²) in [5.41, 5.74) is 0. The van der Waals surface area contributed by atoms with E-state index in [-0.39, 0.29) is 12.4 Å². The van der Waals surface area contributed by atoms with Gasteiger partial charge in [-0.1, -0.05) is 19.8 Å². The van der Waals surface area contributed by atoms with Crippen molar-refractivity contribution in [2.45, 2.75) is 39.5 Å². The lowest BCUT2D eigenvalue weighted by molar-refractivity contribution is -0.144. The van der Waals surface area contributed by atoms with Gasteiger partial charge in [0.05, 0.1) is 139 Å². The predicted molar refractivity (Wildman–Crippen MR) is 149 cm³/mol. The van der Waals surface area contributed by atoms with Crippen molar-refractivity contribution in [2.24, 2.45) is 0 Å². The molecular formula is C28H56O12. The monoisotopic (exact) mass is 584 g/mol. The highest BCUT2D eigenvalue weighted by Gasteiger charge is 2.01. The molecule has 0 aromatic rings. The first-order chi connectivity index (χ1) is 19.8. The number of esters is 1. The Bertz CT molecular complexity index is 484. The van der Waals surface area contributed by atoms with Crippen LogP contribution in [0, 0.1) is 0 Å². The van der Waals surface area contributed by atoms with E-state index in [0.717, 1.165) is 13.0 Å². The van der Waals surface area contributed by atoms with Crippen LogP contribution in [0.3, 0.4) is 0 Å². The van der Waals surface area contributed by atoms with Gasteiger partial charge in [-0.15, -0.1) is 0 Å². The molecule has 0 fully saturated rings. The minimum Gasteiger partial charge on any atom is -0.466 e. The molecular weight excluding hydrogens is 528 g/mol. The lowest BCUT2D eigenvalue weighted by Gasteiger charge is -2.09. The highest BCUT2D eigenvalue weighted by molar-refractivity contribution is 5.69. The molecule has 0 amide bonds. The molecule has 0 saturated carbocycles. The van der Waals surface area contributed by atoms with Gasteiger partial charge in [-0.2, -0.15) is 0 Å². The number of hydrogen-bond acceptors (Lipinski definition) is 12.